The molecule has 29 heavy (non-hydrogen) atoms. The standard InChI is InChI=1S/C19H16BrN3O4S2/c1-26-18(25)15-11-6-4-8-13(11)29-17(15)21-14(24)9-28-19-23-22-16(27-19)10-5-2-3-7-12(10)20/h2-3,5,7H,4,6,8-9H2,1H3,(H,21,24). The summed E-state index contributed by atoms with van der Waals surface area (Å²) in [6.45, 7) is 0. The topological polar surface area (TPSA) is 94.3 Å². The van der Waals surface area contributed by atoms with Gasteiger partial charge in [0.15, 0.2) is 0 Å². The van der Waals surface area contributed by atoms with Crippen molar-refractivity contribution in [1.29, 1.82) is 0 Å². The Morgan fingerprint density at radius 3 is 2.93 bits per heavy atom. The van der Waals surface area contributed by atoms with Crippen LogP contribution in [-0.2, 0) is 22.4 Å². The first-order valence-electron chi connectivity index (χ1n) is 8.80. The number of rotatable bonds is 6. The molecule has 0 saturated carbocycles. The fourth-order valence-electron chi connectivity index (χ4n) is 3.11. The molecule has 1 amide bonds. The molecule has 1 aliphatic carbocycles. The average Bonchev–Trinajstić information content (AvgIpc) is 3.42. The second-order valence-corrected chi connectivity index (χ2v) is 9.13. The SMILES string of the molecule is COC(=O)c1c(NC(=O)CSc2nnc(-c3ccccc3Br)o2)sc2c1CCC2. The molecule has 0 spiro atoms. The van der Waals surface area contributed by atoms with Crippen molar-refractivity contribution in [3.8, 4) is 11.5 Å². The number of carbonyl (C=O) groups is 2. The van der Waals surface area contributed by atoms with Crippen LogP contribution in [-0.4, -0.2) is 34.9 Å². The molecule has 2 aromatic heterocycles. The molecule has 0 atom stereocenters. The first-order valence-corrected chi connectivity index (χ1v) is 11.4. The Morgan fingerprint density at radius 1 is 1.31 bits per heavy atom. The highest BCUT2D eigenvalue weighted by Crippen LogP contribution is 2.39. The number of thioether (sulfide) groups is 1. The van der Waals surface area contributed by atoms with Crippen LogP contribution in [0.4, 0.5) is 5.00 Å². The van der Waals surface area contributed by atoms with Crippen molar-refractivity contribution >= 4 is 55.9 Å². The van der Waals surface area contributed by atoms with Crippen molar-refractivity contribution in [2.24, 2.45) is 0 Å². The number of fused-ring (bicyclic) bond motifs is 1. The van der Waals surface area contributed by atoms with Gasteiger partial charge in [0, 0.05) is 9.35 Å². The molecule has 0 fully saturated rings. The third-order valence-electron chi connectivity index (χ3n) is 4.40. The van der Waals surface area contributed by atoms with Gasteiger partial charge in [0.05, 0.1) is 24.0 Å². The Bertz CT molecular complexity index is 1080. The van der Waals surface area contributed by atoms with E-state index in [0.29, 0.717) is 21.7 Å². The number of nitrogens with one attached hydrogen (secondary N) is 1. The van der Waals surface area contributed by atoms with Crippen LogP contribution < -0.4 is 5.32 Å². The van der Waals surface area contributed by atoms with Gasteiger partial charge >= 0.3 is 5.97 Å². The number of hydrogen-bond acceptors (Lipinski definition) is 8. The third kappa shape index (κ3) is 4.24. The van der Waals surface area contributed by atoms with E-state index in [1.807, 2.05) is 24.3 Å². The molecule has 150 valence electrons. The summed E-state index contributed by atoms with van der Waals surface area (Å²) >= 11 is 6.04. The summed E-state index contributed by atoms with van der Waals surface area (Å²) in [5, 5.41) is 11.7. The Balaban J connectivity index is 1.42. The van der Waals surface area contributed by atoms with Crippen molar-refractivity contribution in [3.63, 3.8) is 0 Å². The lowest BCUT2D eigenvalue weighted by atomic mass is 10.1. The van der Waals surface area contributed by atoms with Crippen molar-refractivity contribution in [1.82, 2.24) is 10.2 Å². The number of hydrogen-bond donors (Lipinski definition) is 1. The van der Waals surface area contributed by atoms with Gasteiger partial charge in [-0.2, -0.15) is 0 Å². The van der Waals surface area contributed by atoms with Gasteiger partial charge in [-0.3, -0.25) is 4.79 Å². The zero-order chi connectivity index (χ0) is 20.4. The maximum Gasteiger partial charge on any atom is 0.341 e. The maximum absolute atomic E-state index is 12.4. The number of esters is 1. The van der Waals surface area contributed by atoms with Crippen molar-refractivity contribution in [2.45, 2.75) is 24.5 Å². The largest absolute Gasteiger partial charge is 0.465 e. The highest BCUT2D eigenvalue weighted by Gasteiger charge is 2.28. The highest BCUT2D eigenvalue weighted by molar-refractivity contribution is 9.10. The monoisotopic (exact) mass is 493 g/mol. The van der Waals surface area contributed by atoms with Gasteiger partial charge in [-0.1, -0.05) is 23.9 Å². The Hall–Kier alpha value is -2.17. The number of amides is 1. The molecule has 1 N–H and O–H groups in total. The van der Waals surface area contributed by atoms with Crippen molar-refractivity contribution < 1.29 is 18.7 Å². The number of methoxy groups -OCH3 is 1. The molecule has 1 aliphatic rings. The number of aromatic nitrogens is 2. The zero-order valence-electron chi connectivity index (χ0n) is 15.4. The van der Waals surface area contributed by atoms with Crippen LogP contribution >= 0.6 is 39.0 Å². The normalized spacial score (nSPS) is 12.6. The molecule has 1 aromatic carbocycles. The second-order valence-electron chi connectivity index (χ2n) is 6.24. The first kappa shape index (κ1) is 20.1. The number of aryl methyl sites for hydroxylation is 1. The number of anilines is 1. The lowest BCUT2D eigenvalue weighted by Gasteiger charge is -2.06. The predicted molar refractivity (Wildman–Crippen MR) is 114 cm³/mol. The molecular formula is C19H16BrN3O4S2. The minimum atomic E-state index is -0.415. The molecule has 10 heteroatoms. The summed E-state index contributed by atoms with van der Waals surface area (Å²) in [6.07, 6.45) is 2.78. The third-order valence-corrected chi connectivity index (χ3v) is 7.12. The van der Waals surface area contributed by atoms with Crippen LogP contribution in [0, 0.1) is 0 Å². The quantitative estimate of drug-likeness (QED) is 0.396. The van der Waals surface area contributed by atoms with Gasteiger partial charge in [0.1, 0.15) is 5.00 Å². The van der Waals surface area contributed by atoms with Crippen LogP contribution in [0.25, 0.3) is 11.5 Å². The molecular weight excluding hydrogens is 478 g/mol. The molecule has 7 nitrogen and oxygen atoms in total. The Kier molecular flexibility index (Phi) is 6.02. The highest BCUT2D eigenvalue weighted by atomic mass is 79.9. The number of benzene rings is 1. The zero-order valence-corrected chi connectivity index (χ0v) is 18.6. The van der Waals surface area contributed by atoms with Gasteiger partial charge in [-0.05, 0) is 52.9 Å². The summed E-state index contributed by atoms with van der Waals surface area (Å²) < 4.78 is 11.4. The predicted octanol–water partition coefficient (Wildman–Crippen LogP) is 4.57. The van der Waals surface area contributed by atoms with E-state index in [1.54, 1.807) is 0 Å². The second kappa shape index (κ2) is 8.68. The molecule has 3 aromatic rings. The first-order chi connectivity index (χ1) is 14.1. The van der Waals surface area contributed by atoms with Gasteiger partial charge in [0.25, 0.3) is 5.22 Å². The van der Waals surface area contributed by atoms with Gasteiger partial charge in [-0.25, -0.2) is 4.79 Å². The maximum atomic E-state index is 12.4. The molecule has 0 saturated heterocycles. The molecule has 0 aliphatic heterocycles. The molecule has 0 radical (unpaired) electrons. The molecule has 2 heterocycles. The minimum Gasteiger partial charge on any atom is -0.465 e. The number of nitrogens with zero attached hydrogens (tertiary/aromatic N) is 2. The van der Waals surface area contributed by atoms with E-state index in [1.165, 1.54) is 18.4 Å². The fraction of sp³-hybridized carbons (Fsp3) is 0.263. The number of ether oxygens (including phenoxy) is 1. The van der Waals surface area contributed by atoms with E-state index in [0.717, 1.165) is 51.5 Å². The number of halogens is 1. The van der Waals surface area contributed by atoms with E-state index in [2.05, 4.69) is 31.4 Å². The van der Waals surface area contributed by atoms with Crippen molar-refractivity contribution in [3.05, 3.63) is 44.7 Å². The Labute approximate surface area is 183 Å². The summed E-state index contributed by atoms with van der Waals surface area (Å²) in [7, 11) is 1.35. The number of carbonyl (C=O) groups excluding carboxylic acids is 2. The minimum absolute atomic E-state index is 0.0841. The van der Waals surface area contributed by atoms with Crippen molar-refractivity contribution in [2.75, 3.05) is 18.2 Å². The van der Waals surface area contributed by atoms with E-state index >= 15 is 0 Å². The van der Waals surface area contributed by atoms with E-state index in [9.17, 15) is 9.59 Å². The summed E-state index contributed by atoms with van der Waals surface area (Å²) in [5.41, 5.74) is 2.27. The lowest BCUT2D eigenvalue weighted by Crippen LogP contribution is -2.16. The molecule has 4 rings (SSSR count). The summed E-state index contributed by atoms with van der Waals surface area (Å²) in [4.78, 5) is 25.7. The number of thiophene rings is 1. The molecule has 0 bridgehead atoms. The Morgan fingerprint density at radius 2 is 2.14 bits per heavy atom. The van der Waals surface area contributed by atoms with E-state index in [-0.39, 0.29) is 11.7 Å². The average molecular weight is 494 g/mol. The summed E-state index contributed by atoms with van der Waals surface area (Å²) in [5.74, 6) is -0.202. The van der Waals surface area contributed by atoms with Crippen LogP contribution in [0.2, 0.25) is 0 Å². The van der Waals surface area contributed by atoms with Crippen LogP contribution in [0.15, 0.2) is 38.4 Å². The molecule has 0 unspecified atom stereocenters. The van der Waals surface area contributed by atoms with Crippen LogP contribution in [0.5, 0.6) is 0 Å². The van der Waals surface area contributed by atoms with Gasteiger partial charge in [0.2, 0.25) is 11.8 Å². The fourth-order valence-corrected chi connectivity index (χ4v) is 5.42. The van der Waals surface area contributed by atoms with E-state index in [4.69, 9.17) is 9.15 Å². The van der Waals surface area contributed by atoms with E-state index < -0.39 is 5.97 Å². The smallest absolute Gasteiger partial charge is 0.341 e. The van der Waals surface area contributed by atoms with Gasteiger partial charge in [-0.15, -0.1) is 21.5 Å². The van der Waals surface area contributed by atoms with Gasteiger partial charge < -0.3 is 14.5 Å². The van der Waals surface area contributed by atoms with Crippen LogP contribution in [0.3, 0.4) is 0 Å². The lowest BCUT2D eigenvalue weighted by molar-refractivity contribution is -0.113. The van der Waals surface area contributed by atoms with Crippen LogP contribution in [0.1, 0.15) is 27.2 Å². The summed E-state index contributed by atoms with van der Waals surface area (Å²) in [6, 6.07) is 7.52.